The summed E-state index contributed by atoms with van der Waals surface area (Å²) in [4.78, 5) is 14.2. The van der Waals surface area contributed by atoms with Gasteiger partial charge in [0.1, 0.15) is 5.78 Å². The molecule has 2 rings (SSSR count). The molecule has 0 bridgehead atoms. The zero-order chi connectivity index (χ0) is 12.3. The van der Waals surface area contributed by atoms with Gasteiger partial charge in [-0.3, -0.25) is 0 Å². The van der Waals surface area contributed by atoms with Crippen LogP contribution in [-0.2, 0) is 4.79 Å². The summed E-state index contributed by atoms with van der Waals surface area (Å²) in [6.07, 6.45) is 5.62. The van der Waals surface area contributed by atoms with E-state index in [0.29, 0.717) is 6.42 Å². The van der Waals surface area contributed by atoms with Crippen LogP contribution in [0.3, 0.4) is 0 Å². The molecule has 1 N–H and O–H groups in total. The summed E-state index contributed by atoms with van der Waals surface area (Å²) in [6, 6.07) is 8.27. The van der Waals surface area contributed by atoms with E-state index in [1.165, 1.54) is 16.6 Å². The second kappa shape index (κ2) is 5.00. The number of rotatable bonds is 4. The maximum Gasteiger partial charge on any atom is 0.130 e. The van der Waals surface area contributed by atoms with Gasteiger partial charge in [-0.15, -0.1) is 0 Å². The molecule has 0 radical (unpaired) electrons. The molecule has 1 aromatic heterocycles. The summed E-state index contributed by atoms with van der Waals surface area (Å²) >= 11 is 0. The fourth-order valence-corrected chi connectivity index (χ4v) is 2.00. The lowest BCUT2D eigenvalue weighted by Crippen LogP contribution is -1.86. The number of para-hydroxylation sites is 1. The molecule has 1 heterocycles. The number of aromatic nitrogens is 1. The van der Waals surface area contributed by atoms with Crippen LogP contribution in [0.5, 0.6) is 0 Å². The molecule has 1 aromatic carbocycles. The zero-order valence-electron chi connectivity index (χ0n) is 10.3. The fourth-order valence-electron chi connectivity index (χ4n) is 2.00. The number of H-pyrrole nitrogens is 1. The standard InChI is InChI=1S/C15H17NO/c1-11(17)7-3-4-8-13-12(2)16-15-10-6-5-9-14(13)15/h4-6,8-10,16H,3,7H2,1-2H3/b8-4+. The first kappa shape index (κ1) is 11.6. The van der Waals surface area contributed by atoms with Crippen molar-refractivity contribution in [1.29, 1.82) is 0 Å². The third-order valence-corrected chi connectivity index (χ3v) is 2.89. The van der Waals surface area contributed by atoms with E-state index < -0.39 is 0 Å². The predicted octanol–water partition coefficient (Wildman–Crippen LogP) is 3.86. The molecule has 2 nitrogen and oxygen atoms in total. The van der Waals surface area contributed by atoms with Crippen molar-refractivity contribution in [2.45, 2.75) is 26.7 Å². The second-order valence-electron chi connectivity index (χ2n) is 4.35. The molecule has 0 aliphatic rings. The number of hydrogen-bond donors (Lipinski definition) is 1. The Bertz CT molecular complexity index is 563. The van der Waals surface area contributed by atoms with Gasteiger partial charge in [-0.25, -0.2) is 0 Å². The molecule has 0 saturated carbocycles. The van der Waals surface area contributed by atoms with Crippen LogP contribution in [0, 0.1) is 6.92 Å². The predicted molar refractivity (Wildman–Crippen MR) is 72.0 cm³/mol. The first-order valence-corrected chi connectivity index (χ1v) is 5.92. The minimum Gasteiger partial charge on any atom is -0.358 e. The van der Waals surface area contributed by atoms with Crippen LogP contribution in [0.1, 0.15) is 31.0 Å². The Kier molecular flexibility index (Phi) is 3.43. The molecule has 0 aliphatic heterocycles. The largest absolute Gasteiger partial charge is 0.358 e. The smallest absolute Gasteiger partial charge is 0.130 e. The van der Waals surface area contributed by atoms with Gasteiger partial charge in [0.25, 0.3) is 0 Å². The Morgan fingerprint density at radius 1 is 1.35 bits per heavy atom. The third-order valence-electron chi connectivity index (χ3n) is 2.89. The molecular weight excluding hydrogens is 210 g/mol. The van der Waals surface area contributed by atoms with Gasteiger partial charge in [0.2, 0.25) is 0 Å². The lowest BCUT2D eigenvalue weighted by molar-refractivity contribution is -0.116. The van der Waals surface area contributed by atoms with Crippen LogP contribution in [0.2, 0.25) is 0 Å². The van der Waals surface area contributed by atoms with Crippen molar-refractivity contribution < 1.29 is 4.79 Å². The van der Waals surface area contributed by atoms with Gasteiger partial charge >= 0.3 is 0 Å². The number of allylic oxidation sites excluding steroid dienone is 1. The molecular formula is C15H17NO. The molecule has 0 aliphatic carbocycles. The minimum absolute atomic E-state index is 0.241. The summed E-state index contributed by atoms with van der Waals surface area (Å²) in [7, 11) is 0. The SMILES string of the molecule is CC(=O)CC/C=C/c1c(C)[nH]c2ccccc12. The Hall–Kier alpha value is -1.83. The van der Waals surface area contributed by atoms with E-state index in [1.807, 2.05) is 12.1 Å². The van der Waals surface area contributed by atoms with Gasteiger partial charge in [-0.1, -0.05) is 30.4 Å². The molecule has 2 heteroatoms. The maximum atomic E-state index is 10.8. The highest BCUT2D eigenvalue weighted by molar-refractivity contribution is 5.90. The Labute approximate surface area is 101 Å². The van der Waals surface area contributed by atoms with Crippen LogP contribution in [-0.4, -0.2) is 10.8 Å². The van der Waals surface area contributed by atoms with Gasteiger partial charge in [-0.05, 0) is 26.3 Å². The molecule has 88 valence electrons. The number of carbonyl (C=O) groups excluding carboxylic acids is 1. The van der Waals surface area contributed by atoms with Gasteiger partial charge in [0.15, 0.2) is 0 Å². The molecule has 2 aromatic rings. The minimum atomic E-state index is 0.241. The second-order valence-corrected chi connectivity index (χ2v) is 4.35. The Balaban J connectivity index is 2.23. The number of fused-ring (bicyclic) bond motifs is 1. The van der Waals surface area contributed by atoms with E-state index in [2.05, 4.69) is 36.2 Å². The van der Waals surface area contributed by atoms with E-state index in [1.54, 1.807) is 6.92 Å². The number of Topliss-reactive ketones (excluding diaryl/α,β-unsaturated/α-hetero) is 1. The van der Waals surface area contributed by atoms with Crippen LogP contribution < -0.4 is 0 Å². The van der Waals surface area contributed by atoms with E-state index in [-0.39, 0.29) is 5.78 Å². The Morgan fingerprint density at radius 3 is 2.88 bits per heavy atom. The highest BCUT2D eigenvalue weighted by Gasteiger charge is 2.03. The highest BCUT2D eigenvalue weighted by atomic mass is 16.1. The van der Waals surface area contributed by atoms with E-state index in [9.17, 15) is 4.79 Å². The molecule has 0 spiro atoms. The maximum absolute atomic E-state index is 10.8. The number of aryl methyl sites for hydroxylation is 1. The number of aromatic amines is 1. The van der Waals surface area contributed by atoms with Crippen molar-refractivity contribution in [3.8, 4) is 0 Å². The van der Waals surface area contributed by atoms with Crippen molar-refractivity contribution >= 4 is 22.8 Å². The average Bonchev–Trinajstić information content (AvgIpc) is 2.60. The molecule has 0 fully saturated rings. The summed E-state index contributed by atoms with van der Waals surface area (Å²) in [6.45, 7) is 3.70. The molecule has 0 saturated heterocycles. The fraction of sp³-hybridized carbons (Fsp3) is 0.267. The monoisotopic (exact) mass is 227 g/mol. The van der Waals surface area contributed by atoms with Crippen molar-refractivity contribution in [2.24, 2.45) is 0 Å². The molecule has 17 heavy (non-hydrogen) atoms. The van der Waals surface area contributed by atoms with Crippen LogP contribution in [0.15, 0.2) is 30.3 Å². The van der Waals surface area contributed by atoms with Gasteiger partial charge in [-0.2, -0.15) is 0 Å². The van der Waals surface area contributed by atoms with Crippen molar-refractivity contribution in [1.82, 2.24) is 4.98 Å². The van der Waals surface area contributed by atoms with E-state index >= 15 is 0 Å². The molecule has 0 amide bonds. The normalized spacial score (nSPS) is 11.4. The van der Waals surface area contributed by atoms with Gasteiger partial charge in [0, 0.05) is 28.6 Å². The summed E-state index contributed by atoms with van der Waals surface area (Å²) in [5.74, 6) is 0.241. The number of benzene rings is 1. The summed E-state index contributed by atoms with van der Waals surface area (Å²) in [5.41, 5.74) is 3.56. The summed E-state index contributed by atoms with van der Waals surface area (Å²) < 4.78 is 0. The average molecular weight is 227 g/mol. The molecule has 0 unspecified atom stereocenters. The van der Waals surface area contributed by atoms with E-state index in [4.69, 9.17) is 0 Å². The molecule has 0 atom stereocenters. The Morgan fingerprint density at radius 2 is 2.12 bits per heavy atom. The van der Waals surface area contributed by atoms with Gasteiger partial charge < -0.3 is 9.78 Å². The van der Waals surface area contributed by atoms with Crippen molar-refractivity contribution in [3.63, 3.8) is 0 Å². The topological polar surface area (TPSA) is 32.9 Å². The number of ketones is 1. The number of carbonyl (C=O) groups is 1. The van der Waals surface area contributed by atoms with Crippen molar-refractivity contribution in [3.05, 3.63) is 41.6 Å². The number of nitrogens with one attached hydrogen (secondary N) is 1. The third kappa shape index (κ3) is 2.64. The van der Waals surface area contributed by atoms with E-state index in [0.717, 1.165) is 11.9 Å². The first-order valence-electron chi connectivity index (χ1n) is 5.92. The quantitative estimate of drug-likeness (QED) is 0.845. The van der Waals surface area contributed by atoms with Crippen molar-refractivity contribution in [2.75, 3.05) is 0 Å². The van der Waals surface area contributed by atoms with Gasteiger partial charge in [0.05, 0.1) is 0 Å². The number of hydrogen-bond acceptors (Lipinski definition) is 1. The summed E-state index contributed by atoms with van der Waals surface area (Å²) in [5, 5.41) is 1.24. The first-order chi connectivity index (χ1) is 8.18. The lowest BCUT2D eigenvalue weighted by atomic mass is 10.1. The van der Waals surface area contributed by atoms with Crippen LogP contribution in [0.4, 0.5) is 0 Å². The van der Waals surface area contributed by atoms with Crippen LogP contribution in [0.25, 0.3) is 17.0 Å². The lowest BCUT2D eigenvalue weighted by Gasteiger charge is -1.93. The highest BCUT2D eigenvalue weighted by Crippen LogP contribution is 2.23. The zero-order valence-corrected chi connectivity index (χ0v) is 10.3. The van der Waals surface area contributed by atoms with Crippen LogP contribution >= 0.6 is 0 Å².